The number of nitrogen functional groups attached to an aromatic ring is 1. The Morgan fingerprint density at radius 3 is 2.76 bits per heavy atom. The zero-order chi connectivity index (χ0) is 12.3. The van der Waals surface area contributed by atoms with E-state index in [1.54, 1.807) is 12.5 Å². The summed E-state index contributed by atoms with van der Waals surface area (Å²) in [7, 11) is 2.07. The fourth-order valence-corrected chi connectivity index (χ4v) is 2.42. The van der Waals surface area contributed by atoms with Gasteiger partial charge >= 0.3 is 0 Å². The molecule has 2 N–H and O–H groups in total. The summed E-state index contributed by atoms with van der Waals surface area (Å²) in [5.74, 6) is 0.856. The lowest BCUT2D eigenvalue weighted by Gasteiger charge is -2.37. The minimum Gasteiger partial charge on any atom is -0.394 e. The standard InChI is InChI=1S/C12H21N5/c1-3-17-6-4-10(5-7-17)16(2)12-11(13)8-14-9-15-12/h8-10H,3-7,13H2,1-2H3. The second-order valence-electron chi connectivity index (χ2n) is 4.58. The van der Waals surface area contributed by atoms with E-state index in [1.807, 2.05) is 0 Å². The van der Waals surface area contributed by atoms with Crippen LogP contribution in [0.15, 0.2) is 12.5 Å². The first kappa shape index (κ1) is 12.1. The highest BCUT2D eigenvalue weighted by atomic mass is 15.2. The molecule has 2 rings (SSSR count). The molecule has 1 aromatic heterocycles. The molecule has 0 spiro atoms. The van der Waals surface area contributed by atoms with Crippen LogP contribution in [0.1, 0.15) is 19.8 Å². The van der Waals surface area contributed by atoms with Gasteiger partial charge in [-0.3, -0.25) is 0 Å². The van der Waals surface area contributed by atoms with E-state index < -0.39 is 0 Å². The van der Waals surface area contributed by atoms with Gasteiger partial charge in [-0.05, 0) is 19.4 Å². The van der Waals surface area contributed by atoms with Gasteiger partial charge in [0.1, 0.15) is 6.33 Å². The predicted molar refractivity (Wildman–Crippen MR) is 70.0 cm³/mol. The molecule has 1 saturated heterocycles. The van der Waals surface area contributed by atoms with Crippen LogP contribution in [0, 0.1) is 0 Å². The van der Waals surface area contributed by atoms with Gasteiger partial charge in [0.25, 0.3) is 0 Å². The molecular weight excluding hydrogens is 214 g/mol. The summed E-state index contributed by atoms with van der Waals surface area (Å²) >= 11 is 0. The number of anilines is 2. The van der Waals surface area contributed by atoms with Crippen molar-refractivity contribution in [3.63, 3.8) is 0 Å². The summed E-state index contributed by atoms with van der Waals surface area (Å²) in [6.07, 6.45) is 5.57. The van der Waals surface area contributed by atoms with Crippen molar-refractivity contribution in [2.75, 3.05) is 37.3 Å². The molecule has 0 aromatic carbocycles. The maximum atomic E-state index is 5.90. The molecule has 0 radical (unpaired) electrons. The van der Waals surface area contributed by atoms with E-state index in [4.69, 9.17) is 5.73 Å². The highest BCUT2D eigenvalue weighted by Crippen LogP contribution is 2.23. The first-order valence-corrected chi connectivity index (χ1v) is 6.23. The van der Waals surface area contributed by atoms with Gasteiger partial charge < -0.3 is 15.5 Å². The monoisotopic (exact) mass is 235 g/mol. The highest BCUT2D eigenvalue weighted by Gasteiger charge is 2.23. The molecule has 94 valence electrons. The number of likely N-dealkylation sites (tertiary alicyclic amines) is 1. The van der Waals surface area contributed by atoms with Crippen LogP contribution in [-0.4, -0.2) is 47.6 Å². The molecule has 1 aromatic rings. The van der Waals surface area contributed by atoms with Gasteiger partial charge in [0.15, 0.2) is 5.82 Å². The van der Waals surface area contributed by atoms with Crippen LogP contribution < -0.4 is 10.6 Å². The van der Waals surface area contributed by atoms with Crippen molar-refractivity contribution in [2.24, 2.45) is 0 Å². The summed E-state index contributed by atoms with van der Waals surface area (Å²) < 4.78 is 0. The zero-order valence-electron chi connectivity index (χ0n) is 10.6. The Morgan fingerprint density at radius 1 is 1.47 bits per heavy atom. The average Bonchev–Trinajstić information content (AvgIpc) is 2.39. The van der Waals surface area contributed by atoms with E-state index in [-0.39, 0.29) is 0 Å². The maximum Gasteiger partial charge on any atom is 0.155 e. The number of nitrogens with zero attached hydrogens (tertiary/aromatic N) is 4. The first-order chi connectivity index (χ1) is 8.22. The molecule has 5 heteroatoms. The second kappa shape index (κ2) is 5.31. The van der Waals surface area contributed by atoms with Gasteiger partial charge in [-0.1, -0.05) is 6.92 Å². The van der Waals surface area contributed by atoms with Crippen LogP contribution in [-0.2, 0) is 0 Å². The van der Waals surface area contributed by atoms with Crippen molar-refractivity contribution in [1.29, 1.82) is 0 Å². The van der Waals surface area contributed by atoms with Crippen LogP contribution in [0.5, 0.6) is 0 Å². The predicted octanol–water partition coefficient (Wildman–Crippen LogP) is 0.979. The SMILES string of the molecule is CCN1CCC(N(C)c2ncncc2N)CC1. The first-order valence-electron chi connectivity index (χ1n) is 6.23. The zero-order valence-corrected chi connectivity index (χ0v) is 10.6. The molecule has 1 aliphatic heterocycles. The van der Waals surface area contributed by atoms with E-state index in [2.05, 4.69) is 33.7 Å². The summed E-state index contributed by atoms with van der Waals surface area (Å²) in [5.41, 5.74) is 6.56. The highest BCUT2D eigenvalue weighted by molar-refractivity contribution is 5.60. The van der Waals surface area contributed by atoms with Gasteiger partial charge in [0.2, 0.25) is 0 Å². The Labute approximate surface area is 103 Å². The third kappa shape index (κ3) is 2.66. The van der Waals surface area contributed by atoms with Gasteiger partial charge in [-0.15, -0.1) is 0 Å². The topological polar surface area (TPSA) is 58.3 Å². The summed E-state index contributed by atoms with van der Waals surface area (Å²) in [5, 5.41) is 0. The van der Waals surface area contributed by atoms with E-state index >= 15 is 0 Å². The van der Waals surface area contributed by atoms with Crippen molar-refractivity contribution in [3.05, 3.63) is 12.5 Å². The number of aromatic nitrogens is 2. The molecule has 5 nitrogen and oxygen atoms in total. The lowest BCUT2D eigenvalue weighted by molar-refractivity contribution is 0.220. The van der Waals surface area contributed by atoms with E-state index in [1.165, 1.54) is 12.8 Å². The molecule has 0 unspecified atom stereocenters. The molecule has 2 heterocycles. The molecule has 0 atom stereocenters. The molecular formula is C12H21N5. The van der Waals surface area contributed by atoms with Crippen LogP contribution in [0.25, 0.3) is 0 Å². The Hall–Kier alpha value is -1.36. The molecule has 17 heavy (non-hydrogen) atoms. The smallest absolute Gasteiger partial charge is 0.155 e. The Balaban J connectivity index is 2.02. The molecule has 1 aliphatic rings. The van der Waals surface area contributed by atoms with Crippen LogP contribution >= 0.6 is 0 Å². The van der Waals surface area contributed by atoms with Crippen molar-refractivity contribution < 1.29 is 0 Å². The number of nitrogens with two attached hydrogens (primary N) is 1. The number of hydrogen-bond acceptors (Lipinski definition) is 5. The quantitative estimate of drug-likeness (QED) is 0.846. The Bertz CT molecular complexity index is 360. The minimum absolute atomic E-state index is 0.537. The third-order valence-corrected chi connectivity index (χ3v) is 3.60. The minimum atomic E-state index is 0.537. The fourth-order valence-electron chi connectivity index (χ4n) is 2.42. The third-order valence-electron chi connectivity index (χ3n) is 3.60. The Kier molecular flexibility index (Phi) is 3.78. The molecule has 0 bridgehead atoms. The summed E-state index contributed by atoms with van der Waals surface area (Å²) in [6.45, 7) is 5.69. The summed E-state index contributed by atoms with van der Waals surface area (Å²) in [4.78, 5) is 12.9. The van der Waals surface area contributed by atoms with Gasteiger partial charge in [-0.25, -0.2) is 9.97 Å². The maximum absolute atomic E-state index is 5.90. The van der Waals surface area contributed by atoms with Crippen molar-refractivity contribution >= 4 is 11.5 Å². The van der Waals surface area contributed by atoms with E-state index in [9.17, 15) is 0 Å². The largest absolute Gasteiger partial charge is 0.394 e. The van der Waals surface area contributed by atoms with Crippen molar-refractivity contribution in [1.82, 2.24) is 14.9 Å². The molecule has 1 fully saturated rings. The lowest BCUT2D eigenvalue weighted by atomic mass is 10.0. The molecule has 0 amide bonds. The summed E-state index contributed by atoms with van der Waals surface area (Å²) in [6, 6.07) is 0.537. The lowest BCUT2D eigenvalue weighted by Crippen LogP contribution is -2.43. The normalized spacial score (nSPS) is 18.2. The number of hydrogen-bond donors (Lipinski definition) is 1. The van der Waals surface area contributed by atoms with Gasteiger partial charge in [0.05, 0.1) is 11.9 Å². The van der Waals surface area contributed by atoms with Gasteiger partial charge in [0, 0.05) is 26.2 Å². The van der Waals surface area contributed by atoms with Crippen molar-refractivity contribution in [2.45, 2.75) is 25.8 Å². The average molecular weight is 235 g/mol. The van der Waals surface area contributed by atoms with Gasteiger partial charge in [-0.2, -0.15) is 0 Å². The number of rotatable bonds is 3. The van der Waals surface area contributed by atoms with Crippen LogP contribution in [0.4, 0.5) is 11.5 Å². The molecule has 0 aliphatic carbocycles. The fraction of sp³-hybridized carbons (Fsp3) is 0.667. The van der Waals surface area contributed by atoms with Crippen LogP contribution in [0.3, 0.4) is 0 Å². The van der Waals surface area contributed by atoms with E-state index in [0.717, 1.165) is 25.5 Å². The van der Waals surface area contributed by atoms with Crippen molar-refractivity contribution in [3.8, 4) is 0 Å². The second-order valence-corrected chi connectivity index (χ2v) is 4.58. The van der Waals surface area contributed by atoms with E-state index in [0.29, 0.717) is 11.7 Å². The molecule has 0 saturated carbocycles. The van der Waals surface area contributed by atoms with Crippen LogP contribution in [0.2, 0.25) is 0 Å². The number of piperidine rings is 1. The Morgan fingerprint density at radius 2 is 2.18 bits per heavy atom.